The molecule has 0 aromatic carbocycles. The van der Waals surface area contributed by atoms with Gasteiger partial charge in [0.1, 0.15) is 0 Å². The molecule has 0 saturated carbocycles. The molecule has 5 heavy (non-hydrogen) atoms. The van der Waals surface area contributed by atoms with Crippen LogP contribution in [0.3, 0.4) is 0 Å². The molecule has 0 unspecified atom stereocenters. The van der Waals surface area contributed by atoms with Gasteiger partial charge in [0.05, 0.1) is 0 Å². The monoisotopic (exact) mass is 246 g/mol. The first kappa shape index (κ1) is 6.52. The van der Waals surface area contributed by atoms with E-state index in [1.807, 2.05) is 0 Å². The topological polar surface area (TPSA) is 0 Å². The normalized spacial score (nSPS) is 15.0. The van der Waals surface area contributed by atoms with Gasteiger partial charge in [-0.2, -0.15) is 3.89 Å². The number of thiol groups is 1. The molecule has 0 aliphatic carbocycles. The lowest BCUT2D eigenvalue weighted by Gasteiger charge is -1.88. The summed E-state index contributed by atoms with van der Waals surface area (Å²) in [5.41, 5.74) is 0. The average molecular weight is 246 g/mol. The zero-order valence-electron chi connectivity index (χ0n) is 1.99. The van der Waals surface area contributed by atoms with Crippen LogP contribution in [0.15, 0.2) is 0 Å². The van der Waals surface area contributed by atoms with Crippen molar-refractivity contribution in [1.29, 1.82) is 0 Å². The second kappa shape index (κ2) is 1.99. The maximum atomic E-state index is 11.4. The predicted octanol–water partition coefficient (Wildman–Crippen LogP) is 1.72. The summed E-state index contributed by atoms with van der Waals surface area (Å²) in [7, 11) is 4.78. The van der Waals surface area contributed by atoms with E-state index in [9.17, 15) is 3.89 Å². The van der Waals surface area contributed by atoms with Crippen molar-refractivity contribution < 1.29 is 3.89 Å². The molecule has 0 atom stereocenters. The molecule has 0 nitrogen and oxygen atoms in total. The molecule has 0 saturated heterocycles. The van der Waals surface area contributed by atoms with Crippen LogP contribution >= 0.6 is 31.9 Å². The van der Waals surface area contributed by atoms with Gasteiger partial charge in [-0.3, -0.25) is 0 Å². The van der Waals surface area contributed by atoms with Crippen LogP contribution in [0.5, 0.6) is 0 Å². The van der Waals surface area contributed by atoms with Crippen molar-refractivity contribution in [2.45, 2.75) is 0 Å². The highest BCUT2D eigenvalue weighted by molar-refractivity contribution is 14.2. The number of hydrogen-bond donors (Lipinski definition) is 1. The minimum absolute atomic E-state index is 1.40. The molecule has 0 aliphatic heterocycles. The van der Waals surface area contributed by atoms with Gasteiger partial charge >= 0.3 is 0 Å². The van der Waals surface area contributed by atoms with Crippen LogP contribution in [0.2, 0.25) is 0 Å². The summed E-state index contributed by atoms with van der Waals surface area (Å²) in [6.07, 6.45) is 0. The molecule has 34 valence electrons. The average Bonchev–Trinajstić information content (AvgIpc) is 0.722. The first-order valence-electron chi connectivity index (χ1n) is 0.690. The standard InChI is InChI=1S/ClFHIS2/c1-5(2,3)4/h5H. The molecular weight excluding hydrogens is 245 g/mol. The van der Waals surface area contributed by atoms with Gasteiger partial charge in [-0.1, -0.05) is 0 Å². The third-order valence-electron chi connectivity index (χ3n) is 0. The van der Waals surface area contributed by atoms with Crippen molar-refractivity contribution in [2.75, 3.05) is 0 Å². The number of hydrogen-bond acceptors (Lipinski definition) is 1. The van der Waals surface area contributed by atoms with Gasteiger partial charge < -0.3 is 0 Å². The predicted molar refractivity (Wildman–Crippen MR) is 37.1 cm³/mol. The van der Waals surface area contributed by atoms with Crippen LogP contribution in [0, 0.1) is 0 Å². The molecule has 0 aliphatic rings. The molecule has 0 N–H and O–H groups in total. The Morgan fingerprint density at radius 2 is 2.00 bits per heavy atom. The van der Waals surface area contributed by atoms with Gasteiger partial charge in [-0.25, -0.2) is 0 Å². The fraction of sp³-hybridized carbons (Fsp3) is 0. The van der Waals surface area contributed by atoms with Crippen LogP contribution in [0.4, 0.5) is 3.89 Å². The fourth-order valence-electron chi connectivity index (χ4n) is 0. The van der Waals surface area contributed by atoms with E-state index in [-0.39, 0.29) is 0 Å². The fourth-order valence-corrected chi connectivity index (χ4v) is 0. The van der Waals surface area contributed by atoms with Crippen molar-refractivity contribution in [2.24, 2.45) is 0 Å². The smallest absolute Gasteiger partial charge is 0.0384 e. The van der Waals surface area contributed by atoms with Crippen LogP contribution in [0.1, 0.15) is 0 Å². The Morgan fingerprint density at radius 1 is 2.00 bits per heavy atom. The third kappa shape index (κ3) is 29.6. The molecule has 0 spiro atoms. The third-order valence-corrected chi connectivity index (χ3v) is 0. The minimum Gasteiger partial charge on any atom is -0.164 e. The first-order valence-corrected chi connectivity index (χ1v) is 7.07. The summed E-state index contributed by atoms with van der Waals surface area (Å²) >= 11 is 5.43. The molecule has 5 heteroatoms. The van der Waals surface area contributed by atoms with Gasteiger partial charge in [0, 0.05) is 26.6 Å². The Balaban J connectivity index is 3.47. The van der Waals surface area contributed by atoms with Crippen LogP contribution in [0.25, 0.3) is 0 Å². The lowest BCUT2D eigenvalue weighted by atomic mass is 18.9. The lowest BCUT2D eigenvalue weighted by molar-refractivity contribution is 0.943. The molecule has 0 amide bonds. The van der Waals surface area contributed by atoms with Crippen LogP contribution in [-0.2, 0) is 16.5 Å². The van der Waals surface area contributed by atoms with Crippen molar-refractivity contribution in [3.63, 3.8) is 0 Å². The molecule has 0 heterocycles. The van der Waals surface area contributed by atoms with Gasteiger partial charge in [0.15, 0.2) is 0 Å². The van der Waals surface area contributed by atoms with Crippen molar-refractivity contribution in [3.8, 4) is 0 Å². The van der Waals surface area contributed by atoms with E-state index >= 15 is 0 Å². The molecule has 0 aromatic rings. The van der Waals surface area contributed by atoms with Gasteiger partial charge in [0.25, 0.3) is 0 Å². The van der Waals surface area contributed by atoms with E-state index in [1.54, 1.807) is 0 Å². The molecule has 0 radical (unpaired) electrons. The number of rotatable bonds is 0. The highest BCUT2D eigenvalue weighted by Crippen LogP contribution is 2.21. The summed E-state index contributed by atoms with van der Waals surface area (Å²) < 4.78 is 11.4. The summed E-state index contributed by atoms with van der Waals surface area (Å²) in [5.74, 6) is 0. The molecule has 0 rings (SSSR count). The van der Waals surface area contributed by atoms with E-state index in [2.05, 4.69) is 11.2 Å². The lowest BCUT2D eigenvalue weighted by Crippen LogP contribution is -1.63. The quantitative estimate of drug-likeness (QED) is 0.386. The number of halogens is 3. The largest absolute Gasteiger partial charge is 0.164 e. The summed E-state index contributed by atoms with van der Waals surface area (Å²) in [4.78, 5) is 0. The highest BCUT2D eigenvalue weighted by atomic mass is 127. The Hall–Kier alpha value is 1.52. The van der Waals surface area contributed by atoms with E-state index in [0.717, 1.165) is 0 Å². The van der Waals surface area contributed by atoms with Gasteiger partial charge in [0.2, 0.25) is 0 Å². The van der Waals surface area contributed by atoms with E-state index < -0.39 is 5.36 Å². The highest BCUT2D eigenvalue weighted by Gasteiger charge is 1.87. The second-order valence-electron chi connectivity index (χ2n) is 0.399. The van der Waals surface area contributed by atoms with Crippen molar-refractivity contribution in [1.82, 2.24) is 0 Å². The molecular formula is HClFIS2. The molecule has 0 aromatic heterocycles. The SMILES string of the molecule is F[SH](=S)(Cl)I. The summed E-state index contributed by atoms with van der Waals surface area (Å²) in [6.45, 7) is 0. The summed E-state index contributed by atoms with van der Waals surface area (Å²) in [5, 5.41) is -2.86. The minimum atomic E-state index is -2.86. The van der Waals surface area contributed by atoms with Crippen molar-refractivity contribution in [3.05, 3.63) is 0 Å². The molecule has 0 bridgehead atoms. The maximum Gasteiger partial charge on any atom is 0.0384 e. The second-order valence-corrected chi connectivity index (χ2v) is 12.4. The first-order chi connectivity index (χ1) is 2.00. The Bertz CT molecular complexity index is 55.8. The Kier molecular flexibility index (Phi) is 2.60. The Morgan fingerprint density at radius 3 is 2.00 bits per heavy atom. The van der Waals surface area contributed by atoms with Crippen molar-refractivity contribution >= 4 is 48.4 Å². The zero-order chi connectivity index (χ0) is 4.50. The van der Waals surface area contributed by atoms with Crippen LogP contribution < -0.4 is 0 Å². The van der Waals surface area contributed by atoms with E-state index in [1.165, 1.54) is 21.2 Å². The maximum absolute atomic E-state index is 11.4. The van der Waals surface area contributed by atoms with E-state index in [0.29, 0.717) is 0 Å². The summed E-state index contributed by atoms with van der Waals surface area (Å²) in [6, 6.07) is 0. The Labute approximate surface area is 52.0 Å². The van der Waals surface area contributed by atoms with Gasteiger partial charge in [-0.05, 0) is 21.9 Å². The molecule has 0 fully saturated rings. The van der Waals surface area contributed by atoms with Crippen LogP contribution in [-0.4, -0.2) is 0 Å². The van der Waals surface area contributed by atoms with Gasteiger partial charge in [-0.15, -0.1) is 0 Å². The zero-order valence-corrected chi connectivity index (χ0v) is 6.61. The van der Waals surface area contributed by atoms with E-state index in [4.69, 9.17) is 10.7 Å².